The highest BCUT2D eigenvalue weighted by atomic mass is 32.1. The molecule has 3 nitrogen and oxygen atoms in total. The molecule has 0 amide bonds. The first kappa shape index (κ1) is 10.1. The van der Waals surface area contributed by atoms with E-state index in [1.54, 1.807) is 23.5 Å². The number of aromatic nitrogens is 1. The molecule has 0 aliphatic rings. The number of thiazole rings is 1. The van der Waals surface area contributed by atoms with Crippen molar-refractivity contribution in [2.24, 2.45) is 0 Å². The first-order valence-corrected chi connectivity index (χ1v) is 5.52. The average molecular weight is 221 g/mol. The second-order valence-electron chi connectivity index (χ2n) is 3.16. The van der Waals surface area contributed by atoms with Crippen molar-refractivity contribution in [2.75, 3.05) is 6.61 Å². The molecule has 0 fully saturated rings. The van der Waals surface area contributed by atoms with Crippen LogP contribution in [0.15, 0.2) is 29.6 Å². The molecule has 0 spiro atoms. The van der Waals surface area contributed by atoms with Gasteiger partial charge in [0.05, 0.1) is 5.69 Å². The van der Waals surface area contributed by atoms with E-state index in [0.29, 0.717) is 6.42 Å². The molecule has 1 aromatic carbocycles. The Morgan fingerprint density at radius 3 is 2.60 bits per heavy atom. The molecule has 2 N–H and O–H groups in total. The van der Waals surface area contributed by atoms with Crippen molar-refractivity contribution in [2.45, 2.75) is 6.42 Å². The Bertz CT molecular complexity index is 436. The van der Waals surface area contributed by atoms with Crippen molar-refractivity contribution in [3.63, 3.8) is 0 Å². The van der Waals surface area contributed by atoms with Gasteiger partial charge in [-0.1, -0.05) is 0 Å². The highest BCUT2D eigenvalue weighted by molar-refractivity contribution is 7.13. The van der Waals surface area contributed by atoms with Crippen LogP contribution >= 0.6 is 11.3 Å². The molecule has 1 heterocycles. The van der Waals surface area contributed by atoms with Crippen LogP contribution in [0.2, 0.25) is 0 Å². The lowest BCUT2D eigenvalue weighted by molar-refractivity contribution is 0.298. The Morgan fingerprint density at radius 2 is 1.93 bits per heavy atom. The summed E-state index contributed by atoms with van der Waals surface area (Å²) in [7, 11) is 0. The molecule has 2 aromatic rings. The lowest BCUT2D eigenvalue weighted by atomic mass is 10.2. The summed E-state index contributed by atoms with van der Waals surface area (Å²) in [6.45, 7) is 0.124. The van der Waals surface area contributed by atoms with Gasteiger partial charge in [0.25, 0.3) is 0 Å². The van der Waals surface area contributed by atoms with Crippen LogP contribution in [0.3, 0.4) is 0 Å². The summed E-state index contributed by atoms with van der Waals surface area (Å²) >= 11 is 1.54. The lowest BCUT2D eigenvalue weighted by Gasteiger charge is -1.96. The molecule has 0 aliphatic carbocycles. The van der Waals surface area contributed by atoms with E-state index in [1.807, 2.05) is 17.5 Å². The smallest absolute Gasteiger partial charge is 0.123 e. The van der Waals surface area contributed by atoms with Gasteiger partial charge in [0, 0.05) is 24.0 Å². The lowest BCUT2D eigenvalue weighted by Crippen LogP contribution is -1.89. The molecule has 4 heteroatoms. The summed E-state index contributed by atoms with van der Waals surface area (Å²) in [6.07, 6.45) is 0.592. The summed E-state index contributed by atoms with van der Waals surface area (Å²) in [6, 6.07) is 6.94. The molecule has 78 valence electrons. The standard InChI is InChI=1S/C11H11NO2S/c13-6-5-9-7-15-11(12-9)8-1-3-10(14)4-2-8/h1-4,7,13-14H,5-6H2. The normalized spacial score (nSPS) is 10.5. The second-order valence-corrected chi connectivity index (χ2v) is 4.02. The van der Waals surface area contributed by atoms with Gasteiger partial charge in [0.1, 0.15) is 10.8 Å². The Balaban J connectivity index is 2.25. The minimum absolute atomic E-state index is 0.124. The van der Waals surface area contributed by atoms with Gasteiger partial charge < -0.3 is 10.2 Å². The molecule has 1 aromatic heterocycles. The van der Waals surface area contributed by atoms with Crippen molar-refractivity contribution < 1.29 is 10.2 Å². The number of aliphatic hydroxyl groups is 1. The van der Waals surface area contributed by atoms with Crippen molar-refractivity contribution >= 4 is 11.3 Å². The molecule has 0 saturated carbocycles. The van der Waals surface area contributed by atoms with Crippen LogP contribution in [-0.2, 0) is 6.42 Å². The zero-order valence-electron chi connectivity index (χ0n) is 8.05. The van der Waals surface area contributed by atoms with Crippen molar-refractivity contribution in [1.29, 1.82) is 0 Å². The zero-order chi connectivity index (χ0) is 10.7. The van der Waals surface area contributed by atoms with E-state index >= 15 is 0 Å². The third kappa shape index (κ3) is 2.34. The van der Waals surface area contributed by atoms with Gasteiger partial charge in [0.2, 0.25) is 0 Å². The number of hydrogen-bond donors (Lipinski definition) is 2. The Morgan fingerprint density at radius 1 is 1.20 bits per heavy atom. The SMILES string of the molecule is OCCc1csc(-c2ccc(O)cc2)n1. The van der Waals surface area contributed by atoms with Gasteiger partial charge in [-0.2, -0.15) is 0 Å². The number of nitrogens with zero attached hydrogens (tertiary/aromatic N) is 1. The van der Waals surface area contributed by atoms with E-state index in [1.165, 1.54) is 0 Å². The Kier molecular flexibility index (Phi) is 2.99. The number of aliphatic hydroxyl groups excluding tert-OH is 1. The summed E-state index contributed by atoms with van der Waals surface area (Å²) in [5.74, 6) is 0.255. The Hall–Kier alpha value is -1.39. The van der Waals surface area contributed by atoms with Crippen LogP contribution in [0.4, 0.5) is 0 Å². The maximum absolute atomic E-state index is 9.14. The minimum atomic E-state index is 0.124. The molecule has 0 saturated heterocycles. The van der Waals surface area contributed by atoms with E-state index in [9.17, 15) is 0 Å². The number of phenols is 1. The summed E-state index contributed by atoms with van der Waals surface area (Å²) in [5.41, 5.74) is 1.90. The molecule has 0 radical (unpaired) electrons. The highest BCUT2D eigenvalue weighted by Crippen LogP contribution is 2.25. The second kappa shape index (κ2) is 4.42. The largest absolute Gasteiger partial charge is 0.508 e. The first-order valence-electron chi connectivity index (χ1n) is 4.64. The predicted octanol–water partition coefficient (Wildman–Crippen LogP) is 2.05. The average Bonchev–Trinajstić information content (AvgIpc) is 2.68. The fourth-order valence-corrected chi connectivity index (χ4v) is 2.13. The van der Waals surface area contributed by atoms with Crippen LogP contribution in [0.5, 0.6) is 5.75 Å². The van der Waals surface area contributed by atoms with Crippen molar-refractivity contribution in [3.05, 3.63) is 35.3 Å². The minimum Gasteiger partial charge on any atom is -0.508 e. The fraction of sp³-hybridized carbons (Fsp3) is 0.182. The molecule has 0 atom stereocenters. The van der Waals surface area contributed by atoms with Gasteiger partial charge in [-0.15, -0.1) is 11.3 Å². The highest BCUT2D eigenvalue weighted by Gasteiger charge is 2.03. The third-order valence-corrected chi connectivity index (χ3v) is 2.97. The van der Waals surface area contributed by atoms with Crippen molar-refractivity contribution in [1.82, 2.24) is 4.98 Å². The molecule has 0 aliphatic heterocycles. The predicted molar refractivity (Wildman–Crippen MR) is 60.0 cm³/mol. The van der Waals surface area contributed by atoms with Gasteiger partial charge in [-0.3, -0.25) is 0 Å². The first-order chi connectivity index (χ1) is 7.29. The molecular weight excluding hydrogens is 210 g/mol. The van der Waals surface area contributed by atoms with Gasteiger partial charge in [-0.25, -0.2) is 4.98 Å². The van der Waals surface area contributed by atoms with Gasteiger partial charge >= 0.3 is 0 Å². The number of hydrogen-bond acceptors (Lipinski definition) is 4. The molecule has 15 heavy (non-hydrogen) atoms. The van der Waals surface area contributed by atoms with Crippen LogP contribution in [0.25, 0.3) is 10.6 Å². The van der Waals surface area contributed by atoms with Crippen LogP contribution in [0, 0.1) is 0 Å². The Labute approximate surface area is 91.7 Å². The number of aromatic hydroxyl groups is 1. The van der Waals surface area contributed by atoms with Gasteiger partial charge in [-0.05, 0) is 24.3 Å². The monoisotopic (exact) mass is 221 g/mol. The fourth-order valence-electron chi connectivity index (χ4n) is 1.27. The van der Waals surface area contributed by atoms with Crippen LogP contribution in [0.1, 0.15) is 5.69 Å². The molecular formula is C11H11NO2S. The van der Waals surface area contributed by atoms with E-state index < -0.39 is 0 Å². The van der Waals surface area contributed by atoms with E-state index in [2.05, 4.69) is 4.98 Å². The molecule has 0 unspecified atom stereocenters. The number of rotatable bonds is 3. The summed E-state index contributed by atoms with van der Waals surface area (Å²) < 4.78 is 0. The quantitative estimate of drug-likeness (QED) is 0.834. The maximum Gasteiger partial charge on any atom is 0.123 e. The topological polar surface area (TPSA) is 53.4 Å². The molecule has 2 rings (SSSR count). The van der Waals surface area contributed by atoms with E-state index in [4.69, 9.17) is 10.2 Å². The van der Waals surface area contributed by atoms with E-state index in [0.717, 1.165) is 16.3 Å². The van der Waals surface area contributed by atoms with Crippen LogP contribution in [-0.4, -0.2) is 21.8 Å². The number of benzene rings is 1. The summed E-state index contributed by atoms with van der Waals surface area (Å²) in [4.78, 5) is 4.38. The summed E-state index contributed by atoms with van der Waals surface area (Å²) in [5, 5.41) is 20.8. The zero-order valence-corrected chi connectivity index (χ0v) is 8.87. The van der Waals surface area contributed by atoms with Crippen LogP contribution < -0.4 is 0 Å². The third-order valence-electron chi connectivity index (χ3n) is 2.03. The van der Waals surface area contributed by atoms with Crippen molar-refractivity contribution in [3.8, 4) is 16.3 Å². The number of phenolic OH excluding ortho intramolecular Hbond substituents is 1. The van der Waals surface area contributed by atoms with E-state index in [-0.39, 0.29) is 12.4 Å². The van der Waals surface area contributed by atoms with Gasteiger partial charge in [0.15, 0.2) is 0 Å². The molecule has 0 bridgehead atoms. The maximum atomic E-state index is 9.14.